The Bertz CT molecular complexity index is 1170. The van der Waals surface area contributed by atoms with Crippen molar-refractivity contribution in [2.24, 2.45) is 0 Å². The van der Waals surface area contributed by atoms with Gasteiger partial charge in [0.2, 0.25) is 5.91 Å². The van der Waals surface area contributed by atoms with E-state index in [9.17, 15) is 22.8 Å². The van der Waals surface area contributed by atoms with Gasteiger partial charge in [0.15, 0.2) is 0 Å². The van der Waals surface area contributed by atoms with Crippen LogP contribution in [-0.2, 0) is 35.3 Å². The second kappa shape index (κ2) is 10.0. The molecule has 0 bridgehead atoms. The Hall–Kier alpha value is -3.39. The zero-order valence-corrected chi connectivity index (χ0v) is 18.3. The molecule has 0 spiro atoms. The van der Waals surface area contributed by atoms with Gasteiger partial charge in [-0.1, -0.05) is 48.0 Å². The van der Waals surface area contributed by atoms with Gasteiger partial charge in [0.05, 0.1) is 12.0 Å². The van der Waals surface area contributed by atoms with Crippen molar-refractivity contribution in [3.63, 3.8) is 0 Å². The molecule has 9 heteroatoms. The van der Waals surface area contributed by atoms with Crippen molar-refractivity contribution < 1.29 is 27.9 Å². The predicted octanol–water partition coefficient (Wildman–Crippen LogP) is 5.60. The molecule has 0 saturated heterocycles. The standard InChI is InChI=1S/C24H20ClF3N2O3/c1-15(31)30(13-16-5-3-2-4-6-16)14-19-10-20(24(26,27)28)7-8-21(19)18-9-17(11-22(32)33)23(25)29-12-18/h2-10,12H,11,13-14H2,1H3,(H,32,33). The summed E-state index contributed by atoms with van der Waals surface area (Å²) >= 11 is 5.99. The second-order valence-corrected chi connectivity index (χ2v) is 7.83. The molecule has 172 valence electrons. The quantitative estimate of drug-likeness (QED) is 0.451. The van der Waals surface area contributed by atoms with Gasteiger partial charge >= 0.3 is 12.1 Å². The lowest BCUT2D eigenvalue weighted by atomic mass is 9.96. The van der Waals surface area contributed by atoms with Gasteiger partial charge in [-0.3, -0.25) is 9.59 Å². The minimum absolute atomic E-state index is 0.00375. The number of rotatable bonds is 7. The minimum atomic E-state index is -4.57. The van der Waals surface area contributed by atoms with Crippen molar-refractivity contribution in [1.29, 1.82) is 0 Å². The van der Waals surface area contributed by atoms with Crippen LogP contribution in [0.5, 0.6) is 0 Å². The van der Waals surface area contributed by atoms with E-state index in [0.717, 1.165) is 17.7 Å². The number of halogens is 4. The third-order valence-electron chi connectivity index (χ3n) is 5.02. The molecule has 33 heavy (non-hydrogen) atoms. The van der Waals surface area contributed by atoms with E-state index in [1.54, 1.807) is 0 Å². The first-order valence-corrected chi connectivity index (χ1v) is 10.3. The molecule has 0 unspecified atom stereocenters. The monoisotopic (exact) mass is 476 g/mol. The third kappa shape index (κ3) is 6.32. The van der Waals surface area contributed by atoms with Crippen molar-refractivity contribution in [2.75, 3.05) is 0 Å². The lowest BCUT2D eigenvalue weighted by Gasteiger charge is -2.24. The molecule has 0 aliphatic rings. The molecular formula is C24H20ClF3N2O3. The lowest BCUT2D eigenvalue weighted by molar-refractivity contribution is -0.138. The summed E-state index contributed by atoms with van der Waals surface area (Å²) in [6.45, 7) is 1.49. The molecule has 0 aliphatic carbocycles. The van der Waals surface area contributed by atoms with Crippen molar-refractivity contribution in [2.45, 2.75) is 32.6 Å². The Balaban J connectivity index is 2.06. The van der Waals surface area contributed by atoms with Crippen molar-refractivity contribution in [1.82, 2.24) is 9.88 Å². The number of amides is 1. The van der Waals surface area contributed by atoms with Crippen LogP contribution in [0.1, 0.15) is 29.2 Å². The van der Waals surface area contributed by atoms with Crippen molar-refractivity contribution in [3.05, 3.63) is 88.2 Å². The maximum Gasteiger partial charge on any atom is 0.416 e. The SMILES string of the molecule is CC(=O)N(Cc1ccccc1)Cc1cc(C(F)(F)F)ccc1-c1cnc(Cl)c(CC(=O)O)c1. The van der Waals surface area contributed by atoms with Crippen LogP contribution in [0.3, 0.4) is 0 Å². The van der Waals surface area contributed by atoms with Crippen LogP contribution >= 0.6 is 11.6 Å². The van der Waals surface area contributed by atoms with E-state index >= 15 is 0 Å². The molecule has 0 aliphatic heterocycles. The summed E-state index contributed by atoms with van der Waals surface area (Å²) in [5.74, 6) is -1.42. The topological polar surface area (TPSA) is 70.5 Å². The maximum atomic E-state index is 13.4. The molecule has 1 heterocycles. The van der Waals surface area contributed by atoms with Gasteiger partial charge in [-0.05, 0) is 34.9 Å². The van der Waals surface area contributed by atoms with Gasteiger partial charge in [0, 0.05) is 37.3 Å². The fourth-order valence-corrected chi connectivity index (χ4v) is 3.57. The summed E-state index contributed by atoms with van der Waals surface area (Å²) in [5, 5.41) is 9.10. The molecule has 3 aromatic rings. The largest absolute Gasteiger partial charge is 0.481 e. The number of pyridine rings is 1. The number of benzene rings is 2. The number of hydrogen-bond donors (Lipinski definition) is 1. The molecule has 0 radical (unpaired) electrons. The van der Waals surface area contributed by atoms with Gasteiger partial charge < -0.3 is 10.0 Å². The third-order valence-corrected chi connectivity index (χ3v) is 5.36. The molecule has 1 N–H and O–H groups in total. The van der Waals surface area contributed by atoms with E-state index in [-0.39, 0.29) is 41.7 Å². The number of alkyl halides is 3. The molecule has 1 amide bonds. The first kappa shape index (κ1) is 24.3. The number of hydrogen-bond acceptors (Lipinski definition) is 3. The van der Waals surface area contributed by atoms with Crippen LogP contribution in [0.4, 0.5) is 13.2 Å². The molecular weight excluding hydrogens is 457 g/mol. The zero-order valence-electron chi connectivity index (χ0n) is 17.6. The summed E-state index contributed by atoms with van der Waals surface area (Å²) < 4.78 is 40.3. The smallest absolute Gasteiger partial charge is 0.416 e. The lowest BCUT2D eigenvalue weighted by Crippen LogP contribution is -2.28. The number of carboxylic acids is 1. The van der Waals surface area contributed by atoms with Crippen LogP contribution in [0.25, 0.3) is 11.1 Å². The summed E-state index contributed by atoms with van der Waals surface area (Å²) in [6.07, 6.45) is -3.58. The van der Waals surface area contributed by atoms with Crippen LogP contribution in [-0.4, -0.2) is 26.9 Å². The molecule has 0 atom stereocenters. The van der Waals surface area contributed by atoms with Gasteiger partial charge in [-0.25, -0.2) is 4.98 Å². The summed E-state index contributed by atoms with van der Waals surface area (Å²) in [6, 6.07) is 13.8. The Morgan fingerprint density at radius 2 is 1.73 bits per heavy atom. The number of aromatic nitrogens is 1. The van der Waals surface area contributed by atoms with Crippen molar-refractivity contribution in [3.8, 4) is 11.1 Å². The normalized spacial score (nSPS) is 11.3. The highest BCUT2D eigenvalue weighted by Crippen LogP contribution is 2.35. The first-order valence-electron chi connectivity index (χ1n) is 9.90. The number of aliphatic carboxylic acids is 1. The first-order chi connectivity index (χ1) is 15.5. The number of carbonyl (C=O) groups excluding carboxylic acids is 1. The molecule has 1 aromatic heterocycles. The second-order valence-electron chi connectivity index (χ2n) is 7.47. The van der Waals surface area contributed by atoms with Crippen LogP contribution < -0.4 is 0 Å². The highest BCUT2D eigenvalue weighted by atomic mass is 35.5. The number of nitrogens with zero attached hydrogens (tertiary/aromatic N) is 2. The Labute approximate surface area is 193 Å². The molecule has 5 nitrogen and oxygen atoms in total. The van der Waals surface area contributed by atoms with Gasteiger partial charge in [-0.15, -0.1) is 0 Å². The summed E-state index contributed by atoms with van der Waals surface area (Å²) in [7, 11) is 0. The molecule has 3 rings (SSSR count). The number of carbonyl (C=O) groups is 2. The fraction of sp³-hybridized carbons (Fsp3) is 0.208. The predicted molar refractivity (Wildman–Crippen MR) is 117 cm³/mol. The van der Waals surface area contributed by atoms with Gasteiger partial charge in [-0.2, -0.15) is 13.2 Å². The van der Waals surface area contributed by atoms with Crippen LogP contribution in [0.15, 0.2) is 60.8 Å². The Morgan fingerprint density at radius 1 is 1.03 bits per heavy atom. The minimum Gasteiger partial charge on any atom is -0.481 e. The van der Waals surface area contributed by atoms with E-state index in [1.807, 2.05) is 30.3 Å². The van der Waals surface area contributed by atoms with E-state index in [1.165, 1.54) is 30.2 Å². The molecule has 2 aromatic carbocycles. The van der Waals surface area contributed by atoms with E-state index in [4.69, 9.17) is 16.7 Å². The fourth-order valence-electron chi connectivity index (χ4n) is 3.40. The van der Waals surface area contributed by atoms with Crippen LogP contribution in [0.2, 0.25) is 5.15 Å². The maximum absolute atomic E-state index is 13.4. The molecule has 0 saturated carbocycles. The van der Waals surface area contributed by atoms with E-state index < -0.39 is 17.7 Å². The summed E-state index contributed by atoms with van der Waals surface area (Å²) in [4.78, 5) is 28.9. The van der Waals surface area contributed by atoms with Gasteiger partial charge in [0.1, 0.15) is 5.15 Å². The highest BCUT2D eigenvalue weighted by Gasteiger charge is 2.31. The average molecular weight is 477 g/mol. The Morgan fingerprint density at radius 3 is 2.33 bits per heavy atom. The van der Waals surface area contributed by atoms with E-state index in [2.05, 4.69) is 4.98 Å². The number of carboxylic acid groups (broad SMARTS) is 1. The van der Waals surface area contributed by atoms with Crippen molar-refractivity contribution >= 4 is 23.5 Å². The van der Waals surface area contributed by atoms with Crippen LogP contribution in [0, 0.1) is 0 Å². The van der Waals surface area contributed by atoms with E-state index in [0.29, 0.717) is 11.1 Å². The zero-order chi connectivity index (χ0) is 24.2. The highest BCUT2D eigenvalue weighted by molar-refractivity contribution is 6.30. The molecule has 0 fully saturated rings. The Kier molecular flexibility index (Phi) is 7.38. The summed E-state index contributed by atoms with van der Waals surface area (Å²) in [5.41, 5.74) is 1.28. The van der Waals surface area contributed by atoms with Gasteiger partial charge in [0.25, 0.3) is 0 Å². The average Bonchev–Trinajstić information content (AvgIpc) is 2.74.